The van der Waals surface area contributed by atoms with E-state index >= 15 is 0 Å². The van der Waals surface area contributed by atoms with E-state index in [2.05, 4.69) is 27.1 Å². The topological polar surface area (TPSA) is 98.7 Å². The molecule has 0 radical (unpaired) electrons. The largest absolute Gasteiger partial charge is 0.398 e. The Bertz CT molecular complexity index is 1340. The zero-order valence-corrected chi connectivity index (χ0v) is 17.8. The van der Waals surface area contributed by atoms with E-state index in [9.17, 15) is 9.18 Å². The second-order valence-corrected chi connectivity index (χ2v) is 7.40. The van der Waals surface area contributed by atoms with Crippen molar-refractivity contribution in [2.45, 2.75) is 6.92 Å². The fourth-order valence-corrected chi connectivity index (χ4v) is 3.56. The highest BCUT2D eigenvalue weighted by Crippen LogP contribution is 2.33. The standard InChI is InChI=1S/C23H18ClFN6O/c1-3-14-9-18(13(2)8-19(14)17-5-4-15(25)10-21(17)26)23(32)30-16-11-20(24)22(27-12-16)31-28-6-7-29-31/h3-12H,1,26H2,2H3,(H,30,32). The summed E-state index contributed by atoms with van der Waals surface area (Å²) >= 11 is 6.28. The average molecular weight is 449 g/mol. The van der Waals surface area contributed by atoms with Gasteiger partial charge in [-0.3, -0.25) is 4.79 Å². The molecule has 9 heteroatoms. The Labute approximate surface area is 188 Å². The SMILES string of the molecule is C=Cc1cc(C(=O)Nc2cnc(-n3nccn3)c(Cl)c2)c(C)cc1-c1ccc(F)cc1N. The van der Waals surface area contributed by atoms with Gasteiger partial charge in [0.25, 0.3) is 5.91 Å². The molecular formula is C23H18ClFN6O. The number of hydrogen-bond donors (Lipinski definition) is 2. The maximum atomic E-state index is 13.5. The maximum absolute atomic E-state index is 13.5. The number of hydrogen-bond acceptors (Lipinski definition) is 5. The van der Waals surface area contributed by atoms with Gasteiger partial charge in [0.15, 0.2) is 5.82 Å². The molecule has 7 nitrogen and oxygen atoms in total. The number of carbonyl (C=O) groups excluding carboxylic acids is 1. The summed E-state index contributed by atoms with van der Waals surface area (Å²) in [6, 6.07) is 9.32. The maximum Gasteiger partial charge on any atom is 0.255 e. The molecule has 2 heterocycles. The third-order valence-corrected chi connectivity index (χ3v) is 5.13. The molecule has 1 amide bonds. The first-order valence-electron chi connectivity index (χ1n) is 9.53. The highest BCUT2D eigenvalue weighted by molar-refractivity contribution is 6.32. The first kappa shape index (κ1) is 21.2. The van der Waals surface area contributed by atoms with Crippen LogP contribution in [0.2, 0.25) is 5.02 Å². The lowest BCUT2D eigenvalue weighted by Gasteiger charge is -2.15. The number of halogens is 2. The molecule has 0 fully saturated rings. The van der Waals surface area contributed by atoms with Crippen LogP contribution in [0.3, 0.4) is 0 Å². The van der Waals surface area contributed by atoms with Crippen molar-refractivity contribution in [1.29, 1.82) is 0 Å². The number of nitrogen functional groups attached to an aromatic ring is 1. The van der Waals surface area contributed by atoms with Gasteiger partial charge in [-0.25, -0.2) is 9.37 Å². The molecule has 0 atom stereocenters. The monoisotopic (exact) mass is 448 g/mol. The Balaban J connectivity index is 1.64. The summed E-state index contributed by atoms with van der Waals surface area (Å²) in [4.78, 5) is 18.5. The highest BCUT2D eigenvalue weighted by atomic mass is 35.5. The smallest absolute Gasteiger partial charge is 0.255 e. The van der Waals surface area contributed by atoms with E-state index in [0.717, 1.165) is 5.56 Å². The van der Waals surface area contributed by atoms with E-state index in [-0.39, 0.29) is 10.9 Å². The second-order valence-electron chi connectivity index (χ2n) is 6.99. The quantitative estimate of drug-likeness (QED) is 0.423. The Morgan fingerprint density at radius 1 is 1.19 bits per heavy atom. The van der Waals surface area contributed by atoms with Crippen LogP contribution in [-0.2, 0) is 0 Å². The molecule has 0 aliphatic carbocycles. The van der Waals surface area contributed by atoms with Gasteiger partial charge in [0, 0.05) is 16.8 Å². The number of carbonyl (C=O) groups is 1. The van der Waals surface area contributed by atoms with Gasteiger partial charge >= 0.3 is 0 Å². The van der Waals surface area contributed by atoms with Crippen LogP contribution in [0.1, 0.15) is 21.5 Å². The average Bonchev–Trinajstić information content (AvgIpc) is 3.28. The first-order chi connectivity index (χ1) is 15.4. The van der Waals surface area contributed by atoms with Crippen LogP contribution in [0.4, 0.5) is 15.8 Å². The Morgan fingerprint density at radius 2 is 1.94 bits per heavy atom. The molecule has 0 saturated heterocycles. The number of aromatic nitrogens is 4. The van der Waals surface area contributed by atoms with Gasteiger partial charge in [-0.2, -0.15) is 10.2 Å². The van der Waals surface area contributed by atoms with E-state index in [0.29, 0.717) is 39.4 Å². The number of amides is 1. The third kappa shape index (κ3) is 4.08. The molecule has 0 saturated carbocycles. The van der Waals surface area contributed by atoms with Crippen molar-refractivity contribution in [1.82, 2.24) is 20.0 Å². The number of nitrogens with zero attached hydrogens (tertiary/aromatic N) is 4. The molecule has 2 aromatic heterocycles. The Hall–Kier alpha value is -4.04. The molecule has 0 unspecified atom stereocenters. The number of benzene rings is 2. The Morgan fingerprint density at radius 3 is 2.59 bits per heavy atom. The lowest BCUT2D eigenvalue weighted by Crippen LogP contribution is -2.14. The number of anilines is 2. The van der Waals surface area contributed by atoms with Crippen LogP contribution in [0.5, 0.6) is 0 Å². The van der Waals surface area contributed by atoms with Gasteiger partial charge in [0.1, 0.15) is 5.82 Å². The number of nitrogens with one attached hydrogen (secondary N) is 1. The number of pyridine rings is 1. The molecule has 0 spiro atoms. The zero-order chi connectivity index (χ0) is 22.8. The minimum Gasteiger partial charge on any atom is -0.398 e. The third-order valence-electron chi connectivity index (χ3n) is 4.85. The normalized spacial score (nSPS) is 10.7. The van der Waals surface area contributed by atoms with E-state index < -0.39 is 5.82 Å². The fourth-order valence-electron chi connectivity index (χ4n) is 3.32. The minimum absolute atomic E-state index is 0.282. The van der Waals surface area contributed by atoms with E-state index in [1.54, 1.807) is 24.3 Å². The van der Waals surface area contributed by atoms with Crippen LogP contribution < -0.4 is 11.1 Å². The van der Waals surface area contributed by atoms with E-state index in [4.69, 9.17) is 17.3 Å². The van der Waals surface area contributed by atoms with Crippen molar-refractivity contribution in [3.63, 3.8) is 0 Å². The van der Waals surface area contributed by atoms with Gasteiger partial charge in [-0.1, -0.05) is 24.3 Å². The molecule has 0 bridgehead atoms. The van der Waals surface area contributed by atoms with Crippen molar-refractivity contribution in [3.8, 4) is 16.9 Å². The van der Waals surface area contributed by atoms with Crippen molar-refractivity contribution in [2.24, 2.45) is 0 Å². The molecule has 4 aromatic rings. The predicted octanol–water partition coefficient (Wildman–Crippen LogP) is 4.91. The van der Waals surface area contributed by atoms with Crippen molar-refractivity contribution >= 4 is 35.0 Å². The summed E-state index contributed by atoms with van der Waals surface area (Å²) in [5, 5.41) is 11.1. The molecule has 160 valence electrons. The van der Waals surface area contributed by atoms with Crippen molar-refractivity contribution in [2.75, 3.05) is 11.1 Å². The van der Waals surface area contributed by atoms with Crippen LogP contribution in [-0.4, -0.2) is 25.9 Å². The number of rotatable bonds is 5. The highest BCUT2D eigenvalue weighted by Gasteiger charge is 2.16. The first-order valence-corrected chi connectivity index (χ1v) is 9.91. The molecule has 0 aliphatic heterocycles. The summed E-state index contributed by atoms with van der Waals surface area (Å²) in [5.41, 5.74) is 9.99. The molecule has 0 aliphatic rings. The number of aryl methyl sites for hydroxylation is 1. The van der Waals surface area contributed by atoms with Crippen LogP contribution in [0.15, 0.2) is 61.6 Å². The summed E-state index contributed by atoms with van der Waals surface area (Å²) < 4.78 is 13.5. The fraction of sp³-hybridized carbons (Fsp3) is 0.0435. The molecule has 3 N–H and O–H groups in total. The van der Waals surface area contributed by atoms with Crippen LogP contribution in [0.25, 0.3) is 23.0 Å². The number of nitrogens with two attached hydrogens (primary N) is 1. The van der Waals surface area contributed by atoms with Crippen LogP contribution in [0, 0.1) is 12.7 Å². The second kappa shape index (κ2) is 8.60. The van der Waals surface area contributed by atoms with Crippen molar-refractivity contribution in [3.05, 3.63) is 89.1 Å². The van der Waals surface area contributed by atoms with Gasteiger partial charge in [0.05, 0.1) is 29.3 Å². The lowest BCUT2D eigenvalue weighted by molar-refractivity contribution is 0.102. The molecular weight excluding hydrogens is 431 g/mol. The summed E-state index contributed by atoms with van der Waals surface area (Å²) in [6.07, 6.45) is 6.12. The zero-order valence-electron chi connectivity index (χ0n) is 17.0. The lowest BCUT2D eigenvalue weighted by atomic mass is 9.93. The van der Waals surface area contributed by atoms with Crippen LogP contribution >= 0.6 is 11.6 Å². The minimum atomic E-state index is -0.416. The van der Waals surface area contributed by atoms with Gasteiger partial charge in [-0.15, -0.1) is 4.80 Å². The predicted molar refractivity (Wildman–Crippen MR) is 123 cm³/mol. The van der Waals surface area contributed by atoms with Gasteiger partial charge < -0.3 is 11.1 Å². The van der Waals surface area contributed by atoms with E-state index in [1.807, 2.05) is 13.0 Å². The van der Waals surface area contributed by atoms with Gasteiger partial charge in [0.2, 0.25) is 0 Å². The molecule has 32 heavy (non-hydrogen) atoms. The summed E-state index contributed by atoms with van der Waals surface area (Å²) in [7, 11) is 0. The summed E-state index contributed by atoms with van der Waals surface area (Å²) in [5.74, 6) is -0.408. The summed E-state index contributed by atoms with van der Waals surface area (Å²) in [6.45, 7) is 5.64. The molecule has 2 aromatic carbocycles. The van der Waals surface area contributed by atoms with Gasteiger partial charge in [-0.05, 0) is 60.0 Å². The molecule has 4 rings (SSSR count). The van der Waals surface area contributed by atoms with Crippen molar-refractivity contribution < 1.29 is 9.18 Å². The van der Waals surface area contributed by atoms with E-state index in [1.165, 1.54) is 35.5 Å². The Kier molecular flexibility index (Phi) is 5.70.